The Bertz CT molecular complexity index is 508. The average Bonchev–Trinajstić information content (AvgIpc) is 2.12. The van der Waals surface area contributed by atoms with Crippen molar-refractivity contribution in [3.8, 4) is 0 Å². The lowest BCUT2D eigenvalue weighted by Gasteiger charge is -2.06. The van der Waals surface area contributed by atoms with E-state index >= 15 is 0 Å². The van der Waals surface area contributed by atoms with Gasteiger partial charge in [-0.25, -0.2) is 4.98 Å². The van der Waals surface area contributed by atoms with E-state index in [-0.39, 0.29) is 0 Å². The van der Waals surface area contributed by atoms with Crippen molar-refractivity contribution < 1.29 is 0 Å². The van der Waals surface area contributed by atoms with E-state index in [0.717, 1.165) is 26.1 Å². The highest BCUT2D eigenvalue weighted by Gasteiger charge is 2.06. The van der Waals surface area contributed by atoms with Crippen molar-refractivity contribution in [3.05, 3.63) is 39.0 Å². The van der Waals surface area contributed by atoms with Gasteiger partial charge < -0.3 is 0 Å². The number of halogens is 2. The van der Waals surface area contributed by atoms with Crippen molar-refractivity contribution in [2.45, 2.75) is 13.8 Å². The fraction of sp³-hybridized carbons (Fsp3) is 0.182. The molecule has 0 bridgehead atoms. The van der Waals surface area contributed by atoms with E-state index in [1.165, 1.54) is 5.56 Å². The summed E-state index contributed by atoms with van der Waals surface area (Å²) < 4.78 is 0.855. The molecule has 14 heavy (non-hydrogen) atoms. The number of nitrogens with zero attached hydrogens (tertiary/aromatic N) is 1. The number of hydrogen-bond donors (Lipinski definition) is 0. The second-order valence-electron chi connectivity index (χ2n) is 3.33. The molecule has 72 valence electrons. The van der Waals surface area contributed by atoms with Crippen LogP contribution in [0.5, 0.6) is 0 Å². The van der Waals surface area contributed by atoms with Gasteiger partial charge in [0.05, 0.1) is 5.52 Å². The van der Waals surface area contributed by atoms with Gasteiger partial charge in [-0.15, -0.1) is 0 Å². The zero-order valence-corrected chi connectivity index (χ0v) is 10.3. The Kier molecular flexibility index (Phi) is 2.50. The largest absolute Gasteiger partial charge is 0.241 e. The molecule has 0 aliphatic carbocycles. The molecule has 2 rings (SSSR count). The molecule has 0 unspecified atom stereocenters. The highest BCUT2D eigenvalue weighted by Crippen LogP contribution is 2.27. The highest BCUT2D eigenvalue weighted by molar-refractivity contribution is 9.10. The molecule has 1 aromatic carbocycles. The summed E-state index contributed by atoms with van der Waals surface area (Å²) in [6.45, 7) is 4.06. The number of aryl methyl sites for hydroxylation is 2. The number of pyridine rings is 1. The molecule has 0 spiro atoms. The van der Waals surface area contributed by atoms with Gasteiger partial charge >= 0.3 is 0 Å². The fourth-order valence-corrected chi connectivity index (χ4v) is 2.21. The predicted octanol–water partition coefficient (Wildman–Crippen LogP) is 4.27. The Hall–Kier alpha value is -0.600. The third kappa shape index (κ3) is 1.53. The van der Waals surface area contributed by atoms with Crippen LogP contribution >= 0.6 is 27.5 Å². The zero-order valence-electron chi connectivity index (χ0n) is 7.94. The van der Waals surface area contributed by atoms with Crippen molar-refractivity contribution in [2.24, 2.45) is 0 Å². The highest BCUT2D eigenvalue weighted by atomic mass is 79.9. The molecule has 1 nitrogen and oxygen atoms in total. The Morgan fingerprint density at radius 1 is 1.29 bits per heavy atom. The maximum Gasteiger partial charge on any atom is 0.107 e. The van der Waals surface area contributed by atoms with E-state index in [1.807, 2.05) is 25.1 Å². The van der Waals surface area contributed by atoms with Gasteiger partial charge in [-0.2, -0.15) is 0 Å². The van der Waals surface area contributed by atoms with Crippen LogP contribution in [0.3, 0.4) is 0 Å². The molecule has 1 aromatic heterocycles. The van der Waals surface area contributed by atoms with Gasteiger partial charge in [-0.1, -0.05) is 17.7 Å². The minimum absolute atomic E-state index is 0.766. The van der Waals surface area contributed by atoms with E-state index in [0.29, 0.717) is 0 Å². The van der Waals surface area contributed by atoms with Crippen LogP contribution in [-0.4, -0.2) is 4.98 Å². The summed E-state index contributed by atoms with van der Waals surface area (Å²) in [5.74, 6) is 0. The summed E-state index contributed by atoms with van der Waals surface area (Å²) in [6, 6.07) is 5.94. The van der Waals surface area contributed by atoms with Crippen molar-refractivity contribution in [3.63, 3.8) is 0 Å². The first-order chi connectivity index (χ1) is 6.59. The Balaban J connectivity index is 2.95. The fourth-order valence-electron chi connectivity index (χ4n) is 1.53. The van der Waals surface area contributed by atoms with Crippen molar-refractivity contribution in [1.82, 2.24) is 4.98 Å². The Morgan fingerprint density at radius 3 is 2.71 bits per heavy atom. The van der Waals surface area contributed by atoms with Crippen LogP contribution in [0.25, 0.3) is 10.9 Å². The second-order valence-corrected chi connectivity index (χ2v) is 4.55. The topological polar surface area (TPSA) is 12.9 Å². The first kappa shape index (κ1) is 9.94. The normalized spacial score (nSPS) is 10.9. The molecule has 0 aliphatic heterocycles. The predicted molar refractivity (Wildman–Crippen MR) is 63.9 cm³/mol. The number of hydrogen-bond acceptors (Lipinski definition) is 1. The van der Waals surface area contributed by atoms with Crippen LogP contribution in [0.4, 0.5) is 0 Å². The van der Waals surface area contributed by atoms with Crippen molar-refractivity contribution >= 4 is 38.4 Å². The molecule has 1 heterocycles. The molecule has 0 saturated carbocycles. The maximum absolute atomic E-state index is 6.04. The SMILES string of the molecule is Cc1cc(Br)nc2c(C)c(Cl)ccc12. The van der Waals surface area contributed by atoms with Gasteiger partial charge in [0.25, 0.3) is 0 Å². The first-order valence-electron chi connectivity index (χ1n) is 4.31. The molecule has 0 saturated heterocycles. The van der Waals surface area contributed by atoms with Crippen molar-refractivity contribution in [2.75, 3.05) is 0 Å². The van der Waals surface area contributed by atoms with Gasteiger partial charge in [0.2, 0.25) is 0 Å². The quantitative estimate of drug-likeness (QED) is 0.652. The Morgan fingerprint density at radius 2 is 2.00 bits per heavy atom. The van der Waals surface area contributed by atoms with Crippen LogP contribution in [0.1, 0.15) is 11.1 Å². The number of fused-ring (bicyclic) bond motifs is 1. The third-order valence-corrected chi connectivity index (χ3v) is 3.16. The molecule has 0 atom stereocenters. The van der Waals surface area contributed by atoms with Crippen LogP contribution in [0, 0.1) is 13.8 Å². The summed E-state index contributed by atoms with van der Waals surface area (Å²) in [4.78, 5) is 4.43. The second kappa shape index (κ2) is 3.52. The standard InChI is InChI=1S/C11H9BrClN/c1-6-5-10(12)14-11-7(2)9(13)4-3-8(6)11/h3-5H,1-2H3. The number of rotatable bonds is 0. The van der Waals surface area contributed by atoms with Crippen molar-refractivity contribution in [1.29, 1.82) is 0 Å². The summed E-state index contributed by atoms with van der Waals surface area (Å²) in [5.41, 5.74) is 3.22. The molecule has 0 N–H and O–H groups in total. The maximum atomic E-state index is 6.04. The Labute approximate surface area is 96.2 Å². The molecular weight excluding hydrogens is 261 g/mol. The summed E-state index contributed by atoms with van der Waals surface area (Å²) in [6.07, 6.45) is 0. The van der Waals surface area contributed by atoms with E-state index in [1.54, 1.807) is 0 Å². The van der Waals surface area contributed by atoms with Gasteiger partial charge in [0, 0.05) is 10.4 Å². The lowest BCUT2D eigenvalue weighted by atomic mass is 10.1. The molecule has 0 aliphatic rings. The summed E-state index contributed by atoms with van der Waals surface area (Å²) >= 11 is 9.42. The molecule has 0 fully saturated rings. The van der Waals surface area contributed by atoms with E-state index in [2.05, 4.69) is 27.8 Å². The van der Waals surface area contributed by atoms with Crippen LogP contribution in [-0.2, 0) is 0 Å². The lowest BCUT2D eigenvalue weighted by molar-refractivity contribution is 1.29. The lowest BCUT2D eigenvalue weighted by Crippen LogP contribution is -1.88. The van der Waals surface area contributed by atoms with E-state index in [9.17, 15) is 0 Å². The number of benzene rings is 1. The average molecular weight is 271 g/mol. The molecular formula is C11H9BrClN. The minimum Gasteiger partial charge on any atom is -0.241 e. The molecule has 2 aromatic rings. The molecule has 3 heteroatoms. The van der Waals surface area contributed by atoms with E-state index < -0.39 is 0 Å². The van der Waals surface area contributed by atoms with Gasteiger partial charge in [0.1, 0.15) is 4.60 Å². The summed E-state index contributed by atoms with van der Waals surface area (Å²) in [5, 5.41) is 1.93. The van der Waals surface area contributed by atoms with Gasteiger partial charge in [-0.3, -0.25) is 0 Å². The monoisotopic (exact) mass is 269 g/mol. The third-order valence-electron chi connectivity index (χ3n) is 2.34. The van der Waals surface area contributed by atoms with E-state index in [4.69, 9.17) is 11.6 Å². The molecule has 0 amide bonds. The summed E-state index contributed by atoms with van der Waals surface area (Å²) in [7, 11) is 0. The van der Waals surface area contributed by atoms with Gasteiger partial charge in [0.15, 0.2) is 0 Å². The van der Waals surface area contributed by atoms with Crippen LogP contribution < -0.4 is 0 Å². The zero-order chi connectivity index (χ0) is 10.3. The minimum atomic E-state index is 0.766. The first-order valence-corrected chi connectivity index (χ1v) is 5.48. The van der Waals surface area contributed by atoms with Crippen LogP contribution in [0.2, 0.25) is 5.02 Å². The molecule has 0 radical (unpaired) electrons. The smallest absolute Gasteiger partial charge is 0.107 e. The number of aromatic nitrogens is 1. The van der Waals surface area contributed by atoms with Crippen LogP contribution in [0.15, 0.2) is 22.8 Å². The van der Waals surface area contributed by atoms with Gasteiger partial charge in [-0.05, 0) is 53.0 Å².